The Morgan fingerprint density at radius 3 is 1.22 bits per heavy atom. The molecule has 0 aliphatic carbocycles. The van der Waals surface area contributed by atoms with Gasteiger partial charge in [-0.15, -0.1) is 0 Å². The molecule has 0 amide bonds. The fourth-order valence-electron chi connectivity index (χ4n) is 1.53. The third kappa shape index (κ3) is 8.86. The standard InChI is InChI=1S/2C9H7OSe.Ni/c2*10-7-6-9(11)8-4-2-1-3-5-8;/h2*1-7H;/p+2. The molecule has 0 atom stereocenters. The summed E-state index contributed by atoms with van der Waals surface area (Å²) < 4.78 is 1.88. The van der Waals surface area contributed by atoms with Gasteiger partial charge >= 0.3 is 147 Å². The Labute approximate surface area is 163 Å². The van der Waals surface area contributed by atoms with E-state index in [9.17, 15) is 0 Å². The van der Waals surface area contributed by atoms with Crippen LogP contribution in [0.4, 0.5) is 0 Å². The quantitative estimate of drug-likeness (QED) is 0.279. The molecule has 0 aliphatic heterocycles. The van der Waals surface area contributed by atoms with E-state index in [1.54, 1.807) is 12.2 Å². The third-order valence-corrected chi connectivity index (χ3v) is 4.13. The van der Waals surface area contributed by atoms with Gasteiger partial charge in [0.15, 0.2) is 0 Å². The minimum atomic E-state index is 0. The first-order valence-electron chi connectivity index (χ1n) is 6.49. The van der Waals surface area contributed by atoms with E-state index in [0.717, 1.165) is 32.6 Å². The predicted molar refractivity (Wildman–Crippen MR) is 96.3 cm³/mol. The van der Waals surface area contributed by atoms with E-state index < -0.39 is 0 Å². The first-order chi connectivity index (χ1) is 10.7. The molecule has 2 nitrogen and oxygen atoms in total. The number of carbonyl (C=O) groups excluding carboxylic acids is 2. The molecule has 0 spiro atoms. The molecule has 2 rings (SSSR count). The fourth-order valence-corrected chi connectivity index (χ4v) is 2.36. The molecule has 0 aliphatic rings. The van der Waals surface area contributed by atoms with Crippen LogP contribution in [0.15, 0.2) is 72.8 Å². The summed E-state index contributed by atoms with van der Waals surface area (Å²) in [4.78, 5) is 17.0. The Morgan fingerprint density at radius 2 is 0.957 bits per heavy atom. The molecule has 0 saturated carbocycles. The summed E-state index contributed by atoms with van der Waals surface area (Å²) in [6, 6.07) is 19.7. The van der Waals surface area contributed by atoms with Gasteiger partial charge in [0.1, 0.15) is 0 Å². The number of hydrogen-bond acceptors (Lipinski definition) is 0. The monoisotopic (exact) mass is 482 g/mol. The van der Waals surface area contributed by atoms with Crippen molar-refractivity contribution in [2.45, 2.75) is 0 Å². The Bertz CT molecular complexity index is 594. The Hall–Kier alpha value is -1.21. The minimum absolute atomic E-state index is 0. The molecule has 2 N–H and O–H groups in total. The van der Waals surface area contributed by atoms with Crippen molar-refractivity contribution in [3.63, 3.8) is 0 Å². The molecule has 0 unspecified atom stereocenters. The summed E-state index contributed by atoms with van der Waals surface area (Å²) in [7, 11) is 0. The van der Waals surface area contributed by atoms with Crippen molar-refractivity contribution in [3.05, 3.63) is 83.9 Å². The van der Waals surface area contributed by atoms with Gasteiger partial charge in [0, 0.05) is 16.5 Å². The van der Waals surface area contributed by atoms with Crippen LogP contribution in [-0.2, 0) is 16.5 Å². The average Bonchev–Trinajstić information content (AvgIpc) is 2.57. The van der Waals surface area contributed by atoms with Crippen LogP contribution in [0.3, 0.4) is 0 Å². The number of benzene rings is 2. The maximum absolute atomic E-state index is 8.48. The molecule has 2 aromatic carbocycles. The molecule has 2 aromatic rings. The van der Waals surface area contributed by atoms with Crippen LogP contribution >= 0.6 is 0 Å². The molecular formula is C18H16NiO2Se2+2. The van der Waals surface area contributed by atoms with E-state index in [1.807, 2.05) is 60.7 Å². The van der Waals surface area contributed by atoms with Gasteiger partial charge in [-0.1, -0.05) is 0 Å². The van der Waals surface area contributed by atoms with Gasteiger partial charge in [-0.25, -0.2) is 0 Å². The number of hydrogen-bond donors (Lipinski definition) is 0. The van der Waals surface area contributed by atoms with E-state index in [2.05, 4.69) is 32.0 Å². The van der Waals surface area contributed by atoms with Crippen LogP contribution in [0, 0.1) is 0 Å². The van der Waals surface area contributed by atoms with Crippen molar-refractivity contribution < 1.29 is 26.1 Å². The van der Waals surface area contributed by atoms with E-state index in [4.69, 9.17) is 9.59 Å². The van der Waals surface area contributed by atoms with E-state index in [0.29, 0.717) is 0 Å². The topological polar surface area (TPSA) is 42.8 Å². The number of aldehydes is 2. The van der Waals surface area contributed by atoms with E-state index in [1.165, 1.54) is 0 Å². The summed E-state index contributed by atoms with van der Waals surface area (Å²) in [5.74, 6) is 0. The average molecular weight is 481 g/mol. The second-order valence-corrected chi connectivity index (χ2v) is 5.94. The SMILES string of the molecule is [Ni].[OH+]=CC=C([Se])c1ccccc1.[OH+]=CC=C([Se])c1ccccc1. The van der Waals surface area contributed by atoms with Gasteiger partial charge in [0.25, 0.3) is 0 Å². The van der Waals surface area contributed by atoms with Crippen LogP contribution in [0.25, 0.3) is 8.94 Å². The zero-order chi connectivity index (χ0) is 16.2. The first-order valence-corrected chi connectivity index (χ1v) is 8.20. The molecular weight excluding hydrogens is 465 g/mol. The second-order valence-electron chi connectivity index (χ2n) is 4.09. The summed E-state index contributed by atoms with van der Waals surface area (Å²) in [6.07, 6.45) is 5.29. The van der Waals surface area contributed by atoms with Crippen LogP contribution < -0.4 is 0 Å². The zero-order valence-electron chi connectivity index (χ0n) is 12.1. The van der Waals surface area contributed by atoms with Gasteiger partial charge < -0.3 is 0 Å². The van der Waals surface area contributed by atoms with Crippen molar-refractivity contribution in [1.82, 2.24) is 0 Å². The molecule has 2 radical (unpaired) electrons. The molecule has 0 saturated heterocycles. The summed E-state index contributed by atoms with van der Waals surface area (Å²) in [5.41, 5.74) is 2.16. The van der Waals surface area contributed by atoms with Gasteiger partial charge in [0.05, 0.1) is 0 Å². The maximum atomic E-state index is 8.48. The van der Waals surface area contributed by atoms with Crippen molar-refractivity contribution in [2.24, 2.45) is 0 Å². The van der Waals surface area contributed by atoms with Gasteiger partial charge in [-0.05, 0) is 0 Å². The predicted octanol–water partition coefficient (Wildman–Crippen LogP) is 2.74. The van der Waals surface area contributed by atoms with Crippen LogP contribution in [-0.4, -0.2) is 54.2 Å². The van der Waals surface area contributed by atoms with Crippen molar-refractivity contribution in [1.29, 1.82) is 0 Å². The molecule has 0 heterocycles. The molecule has 0 bridgehead atoms. The van der Waals surface area contributed by atoms with Crippen LogP contribution in [0.2, 0.25) is 0 Å². The van der Waals surface area contributed by atoms with Gasteiger partial charge in [0.2, 0.25) is 0 Å². The molecule has 120 valence electrons. The van der Waals surface area contributed by atoms with Crippen molar-refractivity contribution in [3.8, 4) is 0 Å². The van der Waals surface area contributed by atoms with Gasteiger partial charge in [-0.2, -0.15) is 0 Å². The summed E-state index contributed by atoms with van der Waals surface area (Å²) in [6.45, 7) is 0. The van der Waals surface area contributed by atoms with Crippen molar-refractivity contribution >= 4 is 53.5 Å². The molecule has 5 heteroatoms. The van der Waals surface area contributed by atoms with Crippen molar-refractivity contribution in [2.75, 3.05) is 0 Å². The normalized spacial score (nSPS) is 10.6. The molecule has 0 aromatic heterocycles. The zero-order valence-corrected chi connectivity index (χ0v) is 16.5. The molecule has 0 fully saturated rings. The Balaban J connectivity index is 0.000000403. The number of rotatable bonds is 4. The summed E-state index contributed by atoms with van der Waals surface area (Å²) in [5, 5.41) is 0. The Morgan fingerprint density at radius 1 is 0.652 bits per heavy atom. The fraction of sp³-hybridized carbons (Fsp3) is 0. The van der Waals surface area contributed by atoms with E-state index >= 15 is 0 Å². The Kier molecular flexibility index (Phi) is 12.6. The summed E-state index contributed by atoms with van der Waals surface area (Å²) >= 11 is 5.73. The van der Waals surface area contributed by atoms with Crippen LogP contribution in [0.1, 0.15) is 11.1 Å². The van der Waals surface area contributed by atoms with E-state index in [-0.39, 0.29) is 16.5 Å². The van der Waals surface area contributed by atoms with Gasteiger partial charge in [-0.3, -0.25) is 0 Å². The first kappa shape index (κ1) is 21.8. The second kappa shape index (κ2) is 13.3. The third-order valence-electron chi connectivity index (χ3n) is 2.57. The number of allylic oxidation sites excluding steroid dienone is 2. The van der Waals surface area contributed by atoms with Crippen LogP contribution in [0.5, 0.6) is 0 Å². The molecule has 23 heavy (non-hydrogen) atoms.